The molecule has 4 aromatic carbocycles. The molecule has 9 nitrogen and oxygen atoms in total. The molecule has 0 saturated heterocycles. The van der Waals surface area contributed by atoms with E-state index in [-0.39, 0.29) is 24.2 Å². The van der Waals surface area contributed by atoms with Crippen LogP contribution in [0.4, 0.5) is 11.4 Å². The highest BCUT2D eigenvalue weighted by atomic mass is 32.2. The average molecular weight is 582 g/mol. The third-order valence-corrected chi connectivity index (χ3v) is 7.08. The van der Waals surface area contributed by atoms with E-state index >= 15 is 0 Å². The maximum absolute atomic E-state index is 13.3. The lowest BCUT2D eigenvalue weighted by molar-refractivity contribution is -0.114. The van der Waals surface area contributed by atoms with E-state index in [0.717, 1.165) is 4.90 Å². The van der Waals surface area contributed by atoms with Gasteiger partial charge in [-0.05, 0) is 72.3 Å². The summed E-state index contributed by atoms with van der Waals surface area (Å²) in [5, 5.41) is 8.40. The smallest absolute Gasteiger partial charge is 0.272 e. The van der Waals surface area contributed by atoms with Crippen LogP contribution in [-0.2, 0) is 9.59 Å². The average Bonchev–Trinajstić information content (AvgIpc) is 3.49. The molecule has 0 aliphatic carbocycles. The number of rotatable bonds is 10. The Morgan fingerprint density at radius 1 is 0.833 bits per heavy atom. The van der Waals surface area contributed by atoms with E-state index in [0.29, 0.717) is 39.8 Å². The number of anilines is 2. The summed E-state index contributed by atoms with van der Waals surface area (Å²) >= 11 is 1.36. The molecular formula is C32H27N3O6S. The number of ether oxygens (including phenoxy) is 3. The molecule has 10 heteroatoms. The second kappa shape index (κ2) is 13.4. The summed E-state index contributed by atoms with van der Waals surface area (Å²) in [6.07, 6.45) is 1.58. The highest BCUT2D eigenvalue weighted by Crippen LogP contribution is 2.34. The molecule has 0 unspecified atom stereocenters. The minimum Gasteiger partial charge on any atom is -0.497 e. The van der Waals surface area contributed by atoms with Gasteiger partial charge in [0.1, 0.15) is 11.4 Å². The number of nitrogens with one attached hydrogen (secondary N) is 3. The van der Waals surface area contributed by atoms with Crippen molar-refractivity contribution in [2.75, 3.05) is 30.3 Å². The molecule has 4 aromatic rings. The van der Waals surface area contributed by atoms with Crippen LogP contribution in [0.1, 0.15) is 15.9 Å². The van der Waals surface area contributed by atoms with Gasteiger partial charge >= 0.3 is 0 Å². The van der Waals surface area contributed by atoms with Gasteiger partial charge in [-0.3, -0.25) is 14.4 Å². The van der Waals surface area contributed by atoms with Gasteiger partial charge in [0.2, 0.25) is 12.7 Å². The molecule has 0 fully saturated rings. The molecule has 1 aliphatic rings. The number of amides is 3. The highest BCUT2D eigenvalue weighted by Gasteiger charge is 2.16. The van der Waals surface area contributed by atoms with Gasteiger partial charge in [0.05, 0.1) is 12.9 Å². The van der Waals surface area contributed by atoms with Gasteiger partial charge in [-0.1, -0.05) is 30.3 Å². The van der Waals surface area contributed by atoms with E-state index < -0.39 is 11.8 Å². The molecular weight excluding hydrogens is 554 g/mol. The molecule has 1 heterocycles. The van der Waals surface area contributed by atoms with Crippen molar-refractivity contribution >= 4 is 46.9 Å². The van der Waals surface area contributed by atoms with Gasteiger partial charge in [0, 0.05) is 27.9 Å². The number of benzene rings is 4. The lowest BCUT2D eigenvalue weighted by Gasteiger charge is -2.12. The maximum Gasteiger partial charge on any atom is 0.272 e. The van der Waals surface area contributed by atoms with Crippen molar-refractivity contribution in [1.29, 1.82) is 0 Å². The van der Waals surface area contributed by atoms with E-state index in [1.807, 2.05) is 18.2 Å². The molecule has 3 amide bonds. The Bertz CT molecular complexity index is 1620. The number of carbonyl (C=O) groups excluding carboxylic acids is 3. The standard InChI is InChI=1S/C32H27N3O6S/c1-39-25-9-5-6-21(16-25)17-27(35-31(37)22-7-3-2-4-8-22)32(38)34-23-10-13-26(14-11-23)42-19-30(36)33-24-12-15-28-29(18-24)41-20-40-28/h2-18H,19-20H2,1H3,(H,33,36)(H,34,38)(H,35,37)/b27-17-. The molecule has 0 saturated carbocycles. The number of fused-ring (bicyclic) bond motifs is 1. The highest BCUT2D eigenvalue weighted by molar-refractivity contribution is 8.00. The molecule has 3 N–H and O–H groups in total. The molecule has 0 atom stereocenters. The topological polar surface area (TPSA) is 115 Å². The van der Waals surface area contributed by atoms with E-state index in [4.69, 9.17) is 14.2 Å². The summed E-state index contributed by atoms with van der Waals surface area (Å²) in [6.45, 7) is 0.168. The van der Waals surface area contributed by atoms with Crippen molar-refractivity contribution in [2.24, 2.45) is 0 Å². The van der Waals surface area contributed by atoms with E-state index in [1.165, 1.54) is 11.8 Å². The van der Waals surface area contributed by atoms with Gasteiger partial charge in [-0.25, -0.2) is 0 Å². The first-order valence-electron chi connectivity index (χ1n) is 12.9. The summed E-state index contributed by atoms with van der Waals surface area (Å²) in [5.74, 6) is 0.985. The molecule has 0 radical (unpaired) electrons. The van der Waals surface area contributed by atoms with Crippen LogP contribution in [0.2, 0.25) is 0 Å². The van der Waals surface area contributed by atoms with Crippen LogP contribution in [0.25, 0.3) is 6.08 Å². The lowest BCUT2D eigenvalue weighted by atomic mass is 10.1. The number of hydrogen-bond acceptors (Lipinski definition) is 7. The Morgan fingerprint density at radius 3 is 2.38 bits per heavy atom. The van der Waals surface area contributed by atoms with E-state index in [2.05, 4.69) is 16.0 Å². The summed E-state index contributed by atoms with van der Waals surface area (Å²) in [7, 11) is 1.56. The van der Waals surface area contributed by atoms with Crippen LogP contribution in [0.3, 0.4) is 0 Å². The van der Waals surface area contributed by atoms with Crippen molar-refractivity contribution in [3.63, 3.8) is 0 Å². The SMILES string of the molecule is COc1cccc(/C=C(\NC(=O)c2ccccc2)C(=O)Nc2ccc(SCC(=O)Nc3ccc4c(c3)OCO4)cc2)c1. The predicted molar refractivity (Wildman–Crippen MR) is 162 cm³/mol. The van der Waals surface area contributed by atoms with Crippen molar-refractivity contribution in [1.82, 2.24) is 5.32 Å². The lowest BCUT2D eigenvalue weighted by Crippen LogP contribution is -2.30. The van der Waals surface area contributed by atoms with Crippen molar-refractivity contribution in [3.8, 4) is 17.2 Å². The summed E-state index contributed by atoms with van der Waals surface area (Å²) in [4.78, 5) is 39.4. The van der Waals surface area contributed by atoms with E-state index in [1.54, 1.807) is 92.0 Å². The first-order valence-corrected chi connectivity index (χ1v) is 13.9. The summed E-state index contributed by atoms with van der Waals surface area (Å²) in [5.41, 5.74) is 2.32. The minimum absolute atomic E-state index is 0.0655. The van der Waals surface area contributed by atoms with Gasteiger partial charge in [-0.2, -0.15) is 0 Å². The third-order valence-electron chi connectivity index (χ3n) is 6.07. The first-order chi connectivity index (χ1) is 20.5. The van der Waals surface area contributed by atoms with Gasteiger partial charge in [0.15, 0.2) is 11.5 Å². The minimum atomic E-state index is -0.495. The number of thioether (sulfide) groups is 1. The Hall–Kier alpha value is -5.22. The van der Waals surface area contributed by atoms with Crippen LogP contribution in [0.15, 0.2) is 108 Å². The Morgan fingerprint density at radius 2 is 1.60 bits per heavy atom. The van der Waals surface area contributed by atoms with Gasteiger partial charge < -0.3 is 30.2 Å². The van der Waals surface area contributed by atoms with Crippen LogP contribution in [0.5, 0.6) is 17.2 Å². The first kappa shape index (κ1) is 28.3. The van der Waals surface area contributed by atoms with Crippen LogP contribution >= 0.6 is 11.8 Å². The molecule has 5 rings (SSSR count). The predicted octanol–water partition coefficient (Wildman–Crippen LogP) is 5.56. The van der Waals surface area contributed by atoms with Gasteiger partial charge in [0.25, 0.3) is 11.8 Å². The second-order valence-corrected chi connectivity index (χ2v) is 10.1. The maximum atomic E-state index is 13.3. The van der Waals surface area contributed by atoms with E-state index in [9.17, 15) is 14.4 Å². The van der Waals surface area contributed by atoms with Crippen LogP contribution < -0.4 is 30.2 Å². The fourth-order valence-corrected chi connectivity index (χ4v) is 4.69. The summed E-state index contributed by atoms with van der Waals surface area (Å²) in [6, 6.07) is 28.1. The largest absolute Gasteiger partial charge is 0.497 e. The molecule has 212 valence electrons. The molecule has 0 bridgehead atoms. The Kier molecular flexibility index (Phi) is 9.05. The zero-order valence-electron chi connectivity index (χ0n) is 22.6. The monoisotopic (exact) mass is 581 g/mol. The zero-order chi connectivity index (χ0) is 29.3. The quantitative estimate of drug-likeness (QED) is 0.166. The van der Waals surface area contributed by atoms with Crippen LogP contribution in [-0.4, -0.2) is 37.4 Å². The molecule has 0 aromatic heterocycles. The third kappa shape index (κ3) is 7.49. The number of methoxy groups -OCH3 is 1. The molecule has 42 heavy (non-hydrogen) atoms. The van der Waals surface area contributed by atoms with Gasteiger partial charge in [-0.15, -0.1) is 11.8 Å². The number of carbonyl (C=O) groups is 3. The Balaban J connectivity index is 1.21. The second-order valence-electron chi connectivity index (χ2n) is 9.04. The Labute approximate surface area is 246 Å². The zero-order valence-corrected chi connectivity index (χ0v) is 23.4. The normalized spacial score (nSPS) is 11.9. The summed E-state index contributed by atoms with van der Waals surface area (Å²) < 4.78 is 15.9. The van der Waals surface area contributed by atoms with Crippen molar-refractivity contribution < 1.29 is 28.6 Å². The fraction of sp³-hybridized carbons (Fsp3) is 0.0938. The van der Waals surface area contributed by atoms with Crippen molar-refractivity contribution in [3.05, 3.63) is 114 Å². The van der Waals surface area contributed by atoms with Crippen molar-refractivity contribution in [2.45, 2.75) is 4.90 Å². The van der Waals surface area contributed by atoms with Crippen LogP contribution in [0, 0.1) is 0 Å². The number of hydrogen-bond donors (Lipinski definition) is 3. The molecule has 1 aliphatic heterocycles. The molecule has 0 spiro atoms. The fourth-order valence-electron chi connectivity index (χ4n) is 3.99.